The molecule has 0 aliphatic carbocycles. The Bertz CT molecular complexity index is 1400. The van der Waals surface area contributed by atoms with Crippen LogP contribution < -0.4 is 19.1 Å². The average molecular weight is 572 g/mol. The van der Waals surface area contributed by atoms with E-state index in [1.165, 1.54) is 49.5 Å². The van der Waals surface area contributed by atoms with Crippen LogP contribution in [-0.2, 0) is 26.0 Å². The normalized spacial score (nSPS) is 11.8. The van der Waals surface area contributed by atoms with Gasteiger partial charge in [-0.2, -0.15) is 0 Å². The Morgan fingerprint density at radius 3 is 2.20 bits per heavy atom. The zero-order chi connectivity index (χ0) is 29.3. The second-order valence-electron chi connectivity index (χ2n) is 8.90. The minimum absolute atomic E-state index is 0.0817. The fourth-order valence-corrected chi connectivity index (χ4v) is 5.56. The molecule has 0 aromatic heterocycles. The van der Waals surface area contributed by atoms with Gasteiger partial charge in [0.25, 0.3) is 10.0 Å². The number of hydrogen-bond acceptors (Lipinski definition) is 6. The van der Waals surface area contributed by atoms with Gasteiger partial charge in [-0.25, -0.2) is 12.8 Å². The number of rotatable bonds is 13. The molecule has 0 bridgehead atoms. The zero-order valence-electron chi connectivity index (χ0n) is 23.0. The fraction of sp³-hybridized carbons (Fsp3) is 0.310. The lowest BCUT2D eigenvalue weighted by Gasteiger charge is -2.32. The lowest BCUT2D eigenvalue weighted by molar-refractivity contribution is -0.138. The van der Waals surface area contributed by atoms with E-state index in [-0.39, 0.29) is 28.8 Å². The van der Waals surface area contributed by atoms with E-state index in [9.17, 15) is 22.4 Å². The van der Waals surface area contributed by atoms with Gasteiger partial charge in [0.05, 0.1) is 24.8 Å². The Hall–Kier alpha value is -4.12. The van der Waals surface area contributed by atoms with Gasteiger partial charge in [-0.1, -0.05) is 30.3 Å². The Morgan fingerprint density at radius 2 is 1.60 bits per heavy atom. The van der Waals surface area contributed by atoms with Gasteiger partial charge < -0.3 is 19.7 Å². The molecule has 3 aromatic rings. The molecule has 0 unspecified atom stereocenters. The highest BCUT2D eigenvalue weighted by atomic mass is 32.2. The summed E-state index contributed by atoms with van der Waals surface area (Å²) in [5.74, 6) is -1.01. The minimum Gasteiger partial charge on any atom is -0.493 e. The lowest BCUT2D eigenvalue weighted by Crippen LogP contribution is -2.52. The van der Waals surface area contributed by atoms with Crippen LogP contribution in [0.1, 0.15) is 19.4 Å². The third-order valence-electron chi connectivity index (χ3n) is 6.34. The number of halogens is 1. The molecule has 40 heavy (non-hydrogen) atoms. The van der Waals surface area contributed by atoms with Crippen molar-refractivity contribution >= 4 is 27.5 Å². The molecule has 214 valence electrons. The zero-order valence-corrected chi connectivity index (χ0v) is 23.8. The van der Waals surface area contributed by atoms with Crippen LogP contribution in [0.15, 0.2) is 77.7 Å². The fourth-order valence-electron chi connectivity index (χ4n) is 4.13. The summed E-state index contributed by atoms with van der Waals surface area (Å²) in [6.07, 6.45) is 0.454. The van der Waals surface area contributed by atoms with Crippen molar-refractivity contribution in [2.45, 2.75) is 31.2 Å². The SMILES string of the molecule is CCNC(=O)[C@H](C)N(CCc1ccccc1)C(=O)CN(c1ccc(F)cc1)S(=O)(=O)c1ccc(OC)c(OC)c1. The molecule has 11 heteroatoms. The maximum Gasteiger partial charge on any atom is 0.264 e. The maximum absolute atomic E-state index is 13.9. The number of carbonyl (C=O) groups excluding carboxylic acids is 2. The molecule has 2 amide bonds. The second-order valence-corrected chi connectivity index (χ2v) is 10.8. The first kappa shape index (κ1) is 30.4. The van der Waals surface area contributed by atoms with Gasteiger partial charge in [0.2, 0.25) is 11.8 Å². The van der Waals surface area contributed by atoms with Gasteiger partial charge in [-0.15, -0.1) is 0 Å². The third kappa shape index (κ3) is 7.29. The van der Waals surface area contributed by atoms with Gasteiger partial charge in [0.1, 0.15) is 18.4 Å². The van der Waals surface area contributed by atoms with Crippen molar-refractivity contribution in [2.75, 3.05) is 38.2 Å². The van der Waals surface area contributed by atoms with Crippen molar-refractivity contribution < 1.29 is 31.9 Å². The molecule has 0 spiro atoms. The minimum atomic E-state index is -4.35. The monoisotopic (exact) mass is 571 g/mol. The van der Waals surface area contributed by atoms with E-state index in [0.29, 0.717) is 18.7 Å². The number of anilines is 1. The van der Waals surface area contributed by atoms with Crippen molar-refractivity contribution in [3.05, 3.63) is 84.2 Å². The van der Waals surface area contributed by atoms with Crippen molar-refractivity contribution in [2.24, 2.45) is 0 Å². The predicted octanol–water partition coefficient (Wildman–Crippen LogP) is 3.63. The number of likely N-dealkylation sites (N-methyl/N-ethyl adjacent to an activating group) is 1. The molecule has 0 radical (unpaired) electrons. The van der Waals surface area contributed by atoms with Gasteiger partial charge in [-0.3, -0.25) is 13.9 Å². The van der Waals surface area contributed by atoms with Gasteiger partial charge in [0, 0.05) is 19.2 Å². The molecule has 0 fully saturated rings. The van der Waals surface area contributed by atoms with E-state index in [4.69, 9.17) is 9.47 Å². The van der Waals surface area contributed by atoms with E-state index in [0.717, 1.165) is 22.0 Å². The summed E-state index contributed by atoms with van der Waals surface area (Å²) >= 11 is 0. The average Bonchev–Trinajstić information content (AvgIpc) is 2.96. The Balaban J connectivity index is 2.01. The molecule has 3 aromatic carbocycles. The first-order valence-corrected chi connectivity index (χ1v) is 14.2. The van der Waals surface area contributed by atoms with Crippen LogP contribution in [-0.4, -0.2) is 65.0 Å². The number of benzene rings is 3. The number of nitrogens with zero attached hydrogens (tertiary/aromatic N) is 2. The van der Waals surface area contributed by atoms with Crippen LogP contribution in [0.5, 0.6) is 11.5 Å². The molecule has 0 aliphatic heterocycles. The summed E-state index contributed by atoms with van der Waals surface area (Å²) in [5, 5.41) is 2.72. The van der Waals surface area contributed by atoms with E-state index in [1.54, 1.807) is 13.8 Å². The molecule has 0 saturated heterocycles. The summed E-state index contributed by atoms with van der Waals surface area (Å²) in [4.78, 5) is 27.7. The summed E-state index contributed by atoms with van der Waals surface area (Å²) in [6.45, 7) is 3.29. The van der Waals surface area contributed by atoms with Crippen molar-refractivity contribution in [3.63, 3.8) is 0 Å². The van der Waals surface area contributed by atoms with Crippen LogP contribution in [0, 0.1) is 5.82 Å². The second kappa shape index (κ2) is 13.8. The molecular formula is C29H34FN3O6S. The van der Waals surface area contributed by atoms with E-state index < -0.39 is 34.3 Å². The number of methoxy groups -OCH3 is 2. The molecule has 0 saturated carbocycles. The van der Waals surface area contributed by atoms with E-state index >= 15 is 0 Å². The van der Waals surface area contributed by atoms with Crippen molar-refractivity contribution in [1.82, 2.24) is 10.2 Å². The molecule has 1 atom stereocenters. The first-order chi connectivity index (χ1) is 19.1. The van der Waals surface area contributed by atoms with Crippen molar-refractivity contribution in [3.8, 4) is 11.5 Å². The highest BCUT2D eigenvalue weighted by Gasteiger charge is 2.32. The lowest BCUT2D eigenvalue weighted by atomic mass is 10.1. The number of nitrogens with one attached hydrogen (secondary N) is 1. The van der Waals surface area contributed by atoms with Gasteiger partial charge in [0.15, 0.2) is 11.5 Å². The number of hydrogen-bond donors (Lipinski definition) is 1. The van der Waals surface area contributed by atoms with Crippen LogP contribution in [0.4, 0.5) is 10.1 Å². The summed E-state index contributed by atoms with van der Waals surface area (Å²) in [5.41, 5.74) is 1.04. The largest absolute Gasteiger partial charge is 0.493 e. The van der Waals surface area contributed by atoms with Crippen molar-refractivity contribution in [1.29, 1.82) is 0 Å². The summed E-state index contributed by atoms with van der Waals surface area (Å²) in [7, 11) is -1.55. The molecule has 3 rings (SSSR count). The summed E-state index contributed by atoms with van der Waals surface area (Å²) in [6, 6.07) is 17.4. The number of amides is 2. The highest BCUT2D eigenvalue weighted by Crippen LogP contribution is 2.32. The number of sulfonamides is 1. The Labute approximate surface area is 234 Å². The van der Waals surface area contributed by atoms with Crippen LogP contribution in [0.25, 0.3) is 0 Å². The maximum atomic E-state index is 13.9. The summed E-state index contributed by atoms with van der Waals surface area (Å²) < 4.78 is 53.0. The number of ether oxygens (including phenoxy) is 2. The Kier molecular flexibility index (Phi) is 10.5. The van der Waals surface area contributed by atoms with Crippen LogP contribution in [0.3, 0.4) is 0 Å². The topological polar surface area (TPSA) is 105 Å². The van der Waals surface area contributed by atoms with E-state index in [1.807, 2.05) is 30.3 Å². The van der Waals surface area contributed by atoms with Crippen LogP contribution >= 0.6 is 0 Å². The number of carbonyl (C=O) groups is 2. The third-order valence-corrected chi connectivity index (χ3v) is 8.11. The predicted molar refractivity (Wildman–Crippen MR) is 150 cm³/mol. The van der Waals surface area contributed by atoms with E-state index in [2.05, 4.69) is 5.32 Å². The van der Waals surface area contributed by atoms with Gasteiger partial charge in [-0.05, 0) is 62.2 Å². The molecule has 0 heterocycles. The molecule has 9 nitrogen and oxygen atoms in total. The standard InChI is InChI=1S/C29H34FN3O6S/c1-5-31-29(35)21(2)32(18-17-22-9-7-6-8-10-22)28(34)20-33(24-13-11-23(30)12-14-24)40(36,37)25-15-16-26(38-3)27(19-25)39-4/h6-16,19,21H,5,17-18,20H2,1-4H3,(H,31,35)/t21-/m0/s1. The first-order valence-electron chi connectivity index (χ1n) is 12.7. The smallest absolute Gasteiger partial charge is 0.264 e. The molecule has 0 aliphatic rings. The highest BCUT2D eigenvalue weighted by molar-refractivity contribution is 7.92. The molecule has 1 N–H and O–H groups in total. The van der Waals surface area contributed by atoms with Crippen LogP contribution in [0.2, 0.25) is 0 Å². The quantitative estimate of drug-likeness (QED) is 0.336. The molecular weight excluding hydrogens is 537 g/mol. The van der Waals surface area contributed by atoms with Gasteiger partial charge >= 0.3 is 0 Å². The Morgan fingerprint density at radius 1 is 0.950 bits per heavy atom.